The number of carbonyl (C=O) groups is 1. The van der Waals surface area contributed by atoms with Crippen LogP contribution in [0, 0.1) is 11.7 Å². The number of nitrogens with zero attached hydrogens (tertiary/aromatic N) is 3. The topological polar surface area (TPSA) is 56.6 Å². The van der Waals surface area contributed by atoms with E-state index in [2.05, 4.69) is 18.9 Å². The van der Waals surface area contributed by atoms with Crippen LogP contribution in [0.3, 0.4) is 0 Å². The fourth-order valence-electron chi connectivity index (χ4n) is 3.41. The van der Waals surface area contributed by atoms with Gasteiger partial charge in [0.25, 0.3) is 5.91 Å². The van der Waals surface area contributed by atoms with Crippen LogP contribution < -0.4 is 4.74 Å². The second-order valence-corrected chi connectivity index (χ2v) is 7.59. The molecule has 0 aliphatic carbocycles. The van der Waals surface area contributed by atoms with Gasteiger partial charge in [-0.3, -0.25) is 9.48 Å². The lowest BCUT2D eigenvalue weighted by Gasteiger charge is -2.27. The van der Waals surface area contributed by atoms with Crippen molar-refractivity contribution in [2.75, 3.05) is 26.3 Å². The van der Waals surface area contributed by atoms with Crippen molar-refractivity contribution in [2.45, 2.75) is 20.4 Å². The van der Waals surface area contributed by atoms with Crippen molar-refractivity contribution < 1.29 is 18.7 Å². The first kappa shape index (κ1) is 19.4. The Morgan fingerprint density at radius 1 is 1.21 bits per heavy atom. The minimum absolute atomic E-state index is 0.107. The molecule has 1 amide bonds. The first-order chi connectivity index (χ1) is 14.0. The molecule has 29 heavy (non-hydrogen) atoms. The molecule has 152 valence electrons. The summed E-state index contributed by atoms with van der Waals surface area (Å²) >= 11 is 0. The Bertz CT molecular complexity index is 1010. The van der Waals surface area contributed by atoms with Crippen molar-refractivity contribution in [3.8, 4) is 11.5 Å². The molecule has 7 heteroatoms. The third-order valence-electron chi connectivity index (χ3n) is 4.85. The SMILES string of the molecule is CC(C)Cn1ncc2cc(Oc3ccc(F)cc3)c(C(=O)N3CCOCC3)cc21. The lowest BCUT2D eigenvalue weighted by molar-refractivity contribution is 0.0301. The monoisotopic (exact) mass is 397 g/mol. The molecule has 1 fully saturated rings. The molecule has 0 N–H and O–H groups in total. The minimum Gasteiger partial charge on any atom is -0.457 e. The summed E-state index contributed by atoms with van der Waals surface area (Å²) in [5.41, 5.74) is 1.36. The zero-order valence-electron chi connectivity index (χ0n) is 16.6. The standard InChI is InChI=1S/C22H24FN3O3/c1-15(2)14-26-20-12-19(22(27)25-7-9-28-10-8-25)21(11-16(20)13-24-26)29-18-5-3-17(23)4-6-18/h3-6,11-13,15H,7-10,14H2,1-2H3. The van der Waals surface area contributed by atoms with Gasteiger partial charge in [0.2, 0.25) is 0 Å². The maximum atomic E-state index is 13.3. The van der Waals surface area contributed by atoms with Crippen LogP contribution in [0.15, 0.2) is 42.6 Å². The molecule has 0 spiro atoms. The second kappa shape index (κ2) is 8.21. The van der Waals surface area contributed by atoms with E-state index in [0.29, 0.717) is 49.3 Å². The van der Waals surface area contributed by atoms with Gasteiger partial charge in [0, 0.05) is 25.0 Å². The first-order valence-corrected chi connectivity index (χ1v) is 9.81. The highest BCUT2D eigenvalue weighted by atomic mass is 19.1. The second-order valence-electron chi connectivity index (χ2n) is 7.59. The predicted octanol–water partition coefficient (Wildman–Crippen LogP) is 4.10. The Labute approximate surface area is 168 Å². The van der Waals surface area contributed by atoms with E-state index in [1.807, 2.05) is 16.8 Å². The Hall–Kier alpha value is -2.93. The molecule has 0 bridgehead atoms. The number of benzene rings is 2. The summed E-state index contributed by atoms with van der Waals surface area (Å²) in [5, 5.41) is 5.36. The number of morpholine rings is 1. The van der Waals surface area contributed by atoms with E-state index >= 15 is 0 Å². The molecule has 2 heterocycles. The van der Waals surface area contributed by atoms with E-state index in [4.69, 9.17) is 9.47 Å². The Kier molecular flexibility index (Phi) is 5.49. The average Bonchev–Trinajstić information content (AvgIpc) is 3.10. The van der Waals surface area contributed by atoms with Gasteiger partial charge < -0.3 is 14.4 Å². The quantitative estimate of drug-likeness (QED) is 0.651. The van der Waals surface area contributed by atoms with E-state index in [0.717, 1.165) is 17.4 Å². The van der Waals surface area contributed by atoms with Crippen LogP contribution >= 0.6 is 0 Å². The van der Waals surface area contributed by atoms with E-state index in [9.17, 15) is 9.18 Å². The lowest BCUT2D eigenvalue weighted by Crippen LogP contribution is -2.40. The lowest BCUT2D eigenvalue weighted by atomic mass is 10.1. The number of amides is 1. The number of hydrogen-bond donors (Lipinski definition) is 0. The number of ether oxygens (including phenoxy) is 2. The molecule has 0 atom stereocenters. The maximum absolute atomic E-state index is 13.3. The van der Waals surface area contributed by atoms with Gasteiger partial charge >= 0.3 is 0 Å². The van der Waals surface area contributed by atoms with Crippen molar-refractivity contribution >= 4 is 16.8 Å². The Morgan fingerprint density at radius 2 is 1.93 bits per heavy atom. The summed E-state index contributed by atoms with van der Waals surface area (Å²) in [6.45, 7) is 7.13. The largest absolute Gasteiger partial charge is 0.457 e. The highest BCUT2D eigenvalue weighted by Crippen LogP contribution is 2.31. The normalized spacial score (nSPS) is 14.6. The molecule has 0 saturated carbocycles. The van der Waals surface area contributed by atoms with E-state index < -0.39 is 0 Å². The molecule has 1 aliphatic rings. The molecular weight excluding hydrogens is 373 g/mol. The molecular formula is C22H24FN3O3. The number of fused-ring (bicyclic) bond motifs is 1. The van der Waals surface area contributed by atoms with E-state index in [1.165, 1.54) is 12.1 Å². The van der Waals surface area contributed by atoms with Crippen molar-refractivity contribution in [2.24, 2.45) is 5.92 Å². The van der Waals surface area contributed by atoms with Gasteiger partial charge in [-0.2, -0.15) is 5.10 Å². The summed E-state index contributed by atoms with van der Waals surface area (Å²) in [7, 11) is 0. The molecule has 1 aromatic heterocycles. The van der Waals surface area contributed by atoms with Crippen molar-refractivity contribution in [3.63, 3.8) is 0 Å². The van der Waals surface area contributed by atoms with Crippen LogP contribution in [-0.2, 0) is 11.3 Å². The fourth-order valence-corrected chi connectivity index (χ4v) is 3.41. The molecule has 1 saturated heterocycles. The summed E-state index contributed by atoms with van der Waals surface area (Å²) in [5.74, 6) is 0.879. The minimum atomic E-state index is -0.340. The zero-order valence-corrected chi connectivity index (χ0v) is 16.6. The molecule has 2 aromatic carbocycles. The summed E-state index contributed by atoms with van der Waals surface area (Å²) < 4.78 is 26.5. The summed E-state index contributed by atoms with van der Waals surface area (Å²) in [4.78, 5) is 15.0. The summed E-state index contributed by atoms with van der Waals surface area (Å²) in [6, 6.07) is 9.43. The predicted molar refractivity (Wildman–Crippen MR) is 108 cm³/mol. The van der Waals surface area contributed by atoms with Gasteiger partial charge in [0.05, 0.1) is 30.5 Å². The molecule has 3 aromatic rings. The number of halogens is 1. The van der Waals surface area contributed by atoms with E-state index in [-0.39, 0.29) is 11.7 Å². The number of carbonyl (C=O) groups excluding carboxylic acids is 1. The van der Waals surface area contributed by atoms with Crippen LogP contribution in [0.4, 0.5) is 4.39 Å². The molecule has 1 aliphatic heterocycles. The number of rotatable bonds is 5. The highest BCUT2D eigenvalue weighted by Gasteiger charge is 2.24. The van der Waals surface area contributed by atoms with Gasteiger partial charge in [-0.15, -0.1) is 0 Å². The molecule has 6 nitrogen and oxygen atoms in total. The van der Waals surface area contributed by atoms with Gasteiger partial charge in [0.15, 0.2) is 0 Å². The van der Waals surface area contributed by atoms with Crippen LogP contribution in [0.2, 0.25) is 0 Å². The van der Waals surface area contributed by atoms with Gasteiger partial charge in [-0.25, -0.2) is 4.39 Å². The first-order valence-electron chi connectivity index (χ1n) is 9.81. The smallest absolute Gasteiger partial charge is 0.257 e. The maximum Gasteiger partial charge on any atom is 0.257 e. The van der Waals surface area contributed by atoms with Gasteiger partial charge in [-0.1, -0.05) is 13.8 Å². The van der Waals surface area contributed by atoms with Crippen molar-refractivity contribution in [1.29, 1.82) is 0 Å². The Balaban J connectivity index is 1.76. The van der Waals surface area contributed by atoms with Crippen LogP contribution in [-0.4, -0.2) is 46.9 Å². The Morgan fingerprint density at radius 3 is 2.62 bits per heavy atom. The number of aromatic nitrogens is 2. The third-order valence-corrected chi connectivity index (χ3v) is 4.85. The molecule has 0 unspecified atom stereocenters. The van der Waals surface area contributed by atoms with Crippen LogP contribution in [0.1, 0.15) is 24.2 Å². The van der Waals surface area contributed by atoms with Crippen LogP contribution in [0.5, 0.6) is 11.5 Å². The van der Waals surface area contributed by atoms with Crippen molar-refractivity contribution in [3.05, 3.63) is 54.0 Å². The molecule has 0 radical (unpaired) electrons. The highest BCUT2D eigenvalue weighted by molar-refractivity contribution is 6.01. The summed E-state index contributed by atoms with van der Waals surface area (Å²) in [6.07, 6.45) is 1.78. The zero-order chi connectivity index (χ0) is 20.4. The van der Waals surface area contributed by atoms with Gasteiger partial charge in [0.1, 0.15) is 17.3 Å². The number of hydrogen-bond acceptors (Lipinski definition) is 4. The molecule has 4 rings (SSSR count). The van der Waals surface area contributed by atoms with E-state index in [1.54, 1.807) is 23.2 Å². The van der Waals surface area contributed by atoms with Crippen molar-refractivity contribution in [1.82, 2.24) is 14.7 Å². The van der Waals surface area contributed by atoms with Crippen LogP contribution in [0.25, 0.3) is 10.9 Å². The average molecular weight is 397 g/mol. The fraction of sp³-hybridized carbons (Fsp3) is 0.364. The van der Waals surface area contributed by atoms with Gasteiger partial charge in [-0.05, 0) is 42.3 Å². The third kappa shape index (κ3) is 4.24.